The summed E-state index contributed by atoms with van der Waals surface area (Å²) < 4.78 is 17.7. The van der Waals surface area contributed by atoms with Crippen LogP contribution >= 0.6 is 0 Å². The summed E-state index contributed by atoms with van der Waals surface area (Å²) >= 11 is 0. The lowest BCUT2D eigenvalue weighted by Gasteiger charge is -2.11. The van der Waals surface area contributed by atoms with Gasteiger partial charge in [0.1, 0.15) is 5.56 Å². The predicted octanol–water partition coefficient (Wildman–Crippen LogP) is 2.04. The fraction of sp³-hybridized carbons (Fsp3) is 0.562. The summed E-state index contributed by atoms with van der Waals surface area (Å²) in [5.41, 5.74) is 0.879. The fourth-order valence-corrected chi connectivity index (χ4v) is 2.64. The molecule has 1 fully saturated rings. The minimum Gasteiger partial charge on any atom is -0.474 e. The number of aromatic nitrogens is 3. The zero-order valence-electron chi connectivity index (χ0n) is 13.6. The van der Waals surface area contributed by atoms with E-state index in [4.69, 9.17) is 14.2 Å². The Morgan fingerprint density at radius 2 is 2.35 bits per heavy atom. The smallest absolute Gasteiger partial charge is 0.343 e. The molecule has 0 aliphatic carbocycles. The first-order valence-electron chi connectivity index (χ1n) is 7.77. The number of fused-ring (bicyclic) bond motifs is 1. The number of rotatable bonds is 5. The molecule has 1 aliphatic heterocycles. The second-order valence-corrected chi connectivity index (χ2v) is 5.99. The summed E-state index contributed by atoms with van der Waals surface area (Å²) in [7, 11) is 1.34. The predicted molar refractivity (Wildman–Crippen MR) is 83.6 cm³/mol. The summed E-state index contributed by atoms with van der Waals surface area (Å²) in [5.74, 6) is 0.261. The molecule has 1 atom stereocenters. The van der Waals surface area contributed by atoms with Gasteiger partial charge in [0.15, 0.2) is 5.65 Å². The van der Waals surface area contributed by atoms with Crippen LogP contribution in [0.15, 0.2) is 12.3 Å². The van der Waals surface area contributed by atoms with E-state index < -0.39 is 5.97 Å². The van der Waals surface area contributed by atoms with Crippen LogP contribution in [0, 0.1) is 5.92 Å². The van der Waals surface area contributed by atoms with E-state index in [9.17, 15) is 4.79 Å². The molecule has 0 aromatic carbocycles. The van der Waals surface area contributed by atoms with E-state index >= 15 is 0 Å². The zero-order chi connectivity index (χ0) is 16.4. The van der Waals surface area contributed by atoms with Gasteiger partial charge in [0.2, 0.25) is 5.88 Å². The number of carbonyl (C=O) groups is 1. The third-order valence-electron chi connectivity index (χ3n) is 3.73. The van der Waals surface area contributed by atoms with Crippen molar-refractivity contribution in [3.63, 3.8) is 0 Å². The van der Waals surface area contributed by atoms with Gasteiger partial charge in [-0.15, -0.1) is 0 Å². The molecule has 2 aromatic heterocycles. The first-order valence-corrected chi connectivity index (χ1v) is 7.77. The highest BCUT2D eigenvalue weighted by atomic mass is 16.5. The van der Waals surface area contributed by atoms with Gasteiger partial charge in [0.25, 0.3) is 0 Å². The average molecular weight is 319 g/mol. The molecule has 0 bridgehead atoms. The summed E-state index contributed by atoms with van der Waals surface area (Å²) in [4.78, 5) is 16.4. The third kappa shape index (κ3) is 3.44. The highest BCUT2D eigenvalue weighted by Crippen LogP contribution is 2.24. The van der Waals surface area contributed by atoms with E-state index in [0.29, 0.717) is 17.1 Å². The molecular formula is C16H21N3O4. The first kappa shape index (κ1) is 15.7. The Morgan fingerprint density at radius 1 is 1.52 bits per heavy atom. The normalized spacial score (nSPS) is 17.8. The number of ether oxygens (including phenoxy) is 3. The van der Waals surface area contributed by atoms with Crippen LogP contribution < -0.4 is 4.74 Å². The van der Waals surface area contributed by atoms with E-state index in [1.165, 1.54) is 7.11 Å². The summed E-state index contributed by atoms with van der Waals surface area (Å²) in [5, 5.41) is 5.28. The largest absolute Gasteiger partial charge is 0.474 e. The van der Waals surface area contributed by atoms with Crippen LogP contribution in [0.1, 0.15) is 30.6 Å². The van der Waals surface area contributed by atoms with Crippen LogP contribution in [0.5, 0.6) is 5.88 Å². The number of pyridine rings is 1. The maximum Gasteiger partial charge on any atom is 0.343 e. The van der Waals surface area contributed by atoms with Crippen LogP contribution in [0.25, 0.3) is 11.0 Å². The summed E-state index contributed by atoms with van der Waals surface area (Å²) in [6, 6.07) is 1.72. The van der Waals surface area contributed by atoms with Crippen molar-refractivity contribution >= 4 is 17.0 Å². The molecule has 0 radical (unpaired) electrons. The van der Waals surface area contributed by atoms with Gasteiger partial charge < -0.3 is 14.2 Å². The standard InChI is InChI=1S/C16H21N3O4/c1-10(2)23-15-13(16(20)21-3)6-12-8-19(18-14(12)17-15)7-11-4-5-22-9-11/h6,8,10-11H,4-5,7,9H2,1-3H3. The molecule has 0 amide bonds. The maximum atomic E-state index is 12.0. The van der Waals surface area contributed by atoms with Crippen LogP contribution in [0.2, 0.25) is 0 Å². The molecule has 7 nitrogen and oxygen atoms in total. The molecule has 2 aromatic rings. The molecule has 1 aliphatic rings. The third-order valence-corrected chi connectivity index (χ3v) is 3.73. The zero-order valence-corrected chi connectivity index (χ0v) is 13.6. The van der Waals surface area contributed by atoms with Gasteiger partial charge in [0.05, 0.1) is 19.8 Å². The second kappa shape index (κ2) is 6.54. The number of carbonyl (C=O) groups excluding carboxylic acids is 1. The molecule has 0 N–H and O–H groups in total. The number of hydrogen-bond donors (Lipinski definition) is 0. The van der Waals surface area contributed by atoms with Crippen molar-refractivity contribution in [1.29, 1.82) is 0 Å². The van der Waals surface area contributed by atoms with Gasteiger partial charge in [0, 0.05) is 30.7 Å². The van der Waals surface area contributed by atoms with Crippen molar-refractivity contribution in [2.75, 3.05) is 20.3 Å². The Hall–Kier alpha value is -2.15. The summed E-state index contributed by atoms with van der Waals surface area (Å²) in [6.07, 6.45) is 2.84. The maximum absolute atomic E-state index is 12.0. The van der Waals surface area contributed by atoms with Crippen LogP contribution in [-0.2, 0) is 16.0 Å². The lowest BCUT2D eigenvalue weighted by molar-refractivity contribution is 0.0593. The molecule has 3 rings (SSSR count). The fourth-order valence-electron chi connectivity index (χ4n) is 2.64. The second-order valence-electron chi connectivity index (χ2n) is 5.99. The minimum atomic E-state index is -0.466. The quantitative estimate of drug-likeness (QED) is 0.785. The van der Waals surface area contributed by atoms with Crippen LogP contribution in [0.3, 0.4) is 0 Å². The number of esters is 1. The van der Waals surface area contributed by atoms with Crippen molar-refractivity contribution in [2.24, 2.45) is 5.92 Å². The average Bonchev–Trinajstić information content (AvgIpc) is 3.14. The van der Waals surface area contributed by atoms with Crippen molar-refractivity contribution in [1.82, 2.24) is 14.8 Å². The van der Waals surface area contributed by atoms with E-state index in [-0.39, 0.29) is 12.0 Å². The van der Waals surface area contributed by atoms with E-state index in [1.807, 2.05) is 24.7 Å². The van der Waals surface area contributed by atoms with Crippen LogP contribution in [0.4, 0.5) is 0 Å². The van der Waals surface area contributed by atoms with Gasteiger partial charge in [-0.1, -0.05) is 0 Å². The number of hydrogen-bond acceptors (Lipinski definition) is 6. The molecule has 1 unspecified atom stereocenters. The molecule has 7 heteroatoms. The van der Waals surface area contributed by atoms with Crippen molar-refractivity contribution < 1.29 is 19.0 Å². The van der Waals surface area contributed by atoms with Gasteiger partial charge in [-0.3, -0.25) is 4.68 Å². The molecule has 3 heterocycles. The molecule has 0 saturated carbocycles. The Bertz CT molecular complexity index is 705. The molecule has 23 heavy (non-hydrogen) atoms. The monoisotopic (exact) mass is 319 g/mol. The van der Waals surface area contributed by atoms with Crippen molar-refractivity contribution in [3.8, 4) is 5.88 Å². The Morgan fingerprint density at radius 3 is 3.00 bits per heavy atom. The molecule has 1 saturated heterocycles. The highest BCUT2D eigenvalue weighted by Gasteiger charge is 2.20. The Balaban J connectivity index is 1.95. The lowest BCUT2D eigenvalue weighted by Crippen LogP contribution is -2.12. The van der Waals surface area contributed by atoms with Crippen molar-refractivity contribution in [3.05, 3.63) is 17.8 Å². The van der Waals surface area contributed by atoms with Gasteiger partial charge in [-0.2, -0.15) is 10.1 Å². The Kier molecular flexibility index (Phi) is 4.47. The Labute approximate surface area is 134 Å². The molecule has 0 spiro atoms. The van der Waals surface area contributed by atoms with E-state index in [2.05, 4.69) is 10.1 Å². The highest BCUT2D eigenvalue weighted by molar-refractivity contribution is 5.95. The summed E-state index contributed by atoms with van der Waals surface area (Å²) in [6.45, 7) is 6.11. The number of nitrogens with zero attached hydrogens (tertiary/aromatic N) is 3. The van der Waals surface area contributed by atoms with Crippen LogP contribution in [-0.4, -0.2) is 47.2 Å². The van der Waals surface area contributed by atoms with Gasteiger partial charge in [-0.05, 0) is 26.3 Å². The van der Waals surface area contributed by atoms with E-state index in [0.717, 1.165) is 31.6 Å². The van der Waals surface area contributed by atoms with Gasteiger partial charge in [-0.25, -0.2) is 4.79 Å². The minimum absolute atomic E-state index is 0.0962. The SMILES string of the molecule is COC(=O)c1cc2cn(CC3CCOC3)nc2nc1OC(C)C. The lowest BCUT2D eigenvalue weighted by atomic mass is 10.1. The first-order chi connectivity index (χ1) is 11.1. The molecule has 124 valence electrons. The molecular weight excluding hydrogens is 298 g/mol. The van der Waals surface area contributed by atoms with Crippen molar-refractivity contribution in [2.45, 2.75) is 32.9 Å². The van der Waals surface area contributed by atoms with E-state index in [1.54, 1.807) is 6.07 Å². The van der Waals surface area contributed by atoms with Gasteiger partial charge >= 0.3 is 5.97 Å². The topological polar surface area (TPSA) is 75.5 Å². The number of methoxy groups -OCH3 is 1.